The van der Waals surface area contributed by atoms with Crippen molar-refractivity contribution in [1.82, 2.24) is 14.2 Å². The molecule has 2 saturated heterocycles. The summed E-state index contributed by atoms with van der Waals surface area (Å²) in [5, 5.41) is 10.8. The van der Waals surface area contributed by atoms with Gasteiger partial charge >= 0.3 is 0 Å². The second-order valence-electron chi connectivity index (χ2n) is 11.0. The van der Waals surface area contributed by atoms with Crippen LogP contribution in [0.2, 0.25) is 0 Å². The Balaban J connectivity index is 1.18. The van der Waals surface area contributed by atoms with Gasteiger partial charge in [0.15, 0.2) is 0 Å². The molecule has 1 aromatic carbocycles. The number of fused-ring (bicyclic) bond motifs is 6. The molecule has 7 rings (SSSR count). The smallest absolute Gasteiger partial charge is 0.233 e. The molecular weight excluding hydrogens is 472 g/mol. The van der Waals surface area contributed by atoms with E-state index in [0.717, 1.165) is 24.4 Å². The number of piperazine rings is 1. The fraction of sp³-hybridized carbons (Fsp3) is 0.679. The first-order valence-corrected chi connectivity index (χ1v) is 13.8. The highest BCUT2D eigenvalue weighted by Crippen LogP contribution is 2.56. The van der Waals surface area contributed by atoms with Gasteiger partial charge in [-0.05, 0) is 73.0 Å². The lowest BCUT2D eigenvalue weighted by atomic mass is 9.78. The lowest BCUT2D eigenvalue weighted by Gasteiger charge is -2.40. The van der Waals surface area contributed by atoms with Crippen molar-refractivity contribution in [3.8, 4) is 0 Å². The van der Waals surface area contributed by atoms with Crippen LogP contribution >= 0.6 is 11.5 Å². The normalized spacial score (nSPS) is 45.8. The van der Waals surface area contributed by atoms with E-state index in [4.69, 9.17) is 11.0 Å². The molecule has 1 N–H and O–H groups in total. The largest absolute Gasteiger partial charge is 0.393 e. The SMILES string of the molecule is [2H]C1([2H])N(C[C@@H]2CCCC[C@H]2CN2C(=O)[C@@H]3[C@@H]4C[C@@H](C[C@H]4O)[C@@H]3C2=O)C([2H])([2H])C([2H])([2H])N(c2nsc3ccccc23)C1([2H])[2H]. The molecule has 2 amide bonds. The molecule has 0 unspecified atom stereocenters. The quantitative estimate of drug-likeness (QED) is 0.615. The van der Waals surface area contributed by atoms with Crippen LogP contribution in [0.1, 0.15) is 49.5 Å². The molecule has 7 nitrogen and oxygen atoms in total. The lowest BCUT2D eigenvalue weighted by Crippen LogP contribution is -2.49. The van der Waals surface area contributed by atoms with Crippen LogP contribution in [0.15, 0.2) is 24.3 Å². The number of aromatic nitrogens is 1. The lowest BCUT2D eigenvalue weighted by molar-refractivity contribution is -0.142. The zero-order valence-corrected chi connectivity index (χ0v) is 20.8. The van der Waals surface area contributed by atoms with Crippen LogP contribution < -0.4 is 4.90 Å². The maximum atomic E-state index is 13.5. The minimum Gasteiger partial charge on any atom is -0.393 e. The van der Waals surface area contributed by atoms with Crippen LogP contribution in [0.25, 0.3) is 10.1 Å². The van der Waals surface area contributed by atoms with E-state index in [1.165, 1.54) is 4.90 Å². The number of hydrogen-bond acceptors (Lipinski definition) is 7. The Morgan fingerprint density at radius 2 is 1.69 bits per heavy atom. The van der Waals surface area contributed by atoms with E-state index in [0.29, 0.717) is 45.6 Å². The van der Waals surface area contributed by atoms with Crippen molar-refractivity contribution in [1.29, 1.82) is 0 Å². The fourth-order valence-corrected chi connectivity index (χ4v) is 8.17. The number of benzene rings is 1. The standard InChI is InChI=1S/C28H36N4O3S/c33-22-14-19-13-21(22)25-24(19)27(34)32(28(25)35)16-18-6-2-1-5-17(18)15-30-9-11-31(12-10-30)26-20-7-3-4-8-23(20)36-29-26/h3-4,7-8,17-19,21-22,24-25,33H,1-2,5-6,9-16H2/t17-,18-,19-,21+,22+,24-,25+/m0/s1/i9D2,10D2,11D2,12D2. The highest BCUT2D eigenvalue weighted by molar-refractivity contribution is 7.13. The molecule has 2 aromatic rings. The van der Waals surface area contributed by atoms with Crippen molar-refractivity contribution in [3.63, 3.8) is 0 Å². The molecule has 36 heavy (non-hydrogen) atoms. The van der Waals surface area contributed by atoms with Gasteiger partial charge in [0, 0.05) is 49.9 Å². The van der Waals surface area contributed by atoms with Gasteiger partial charge < -0.3 is 10.0 Å². The van der Waals surface area contributed by atoms with Crippen molar-refractivity contribution < 1.29 is 25.7 Å². The van der Waals surface area contributed by atoms with Crippen molar-refractivity contribution in [2.75, 3.05) is 44.0 Å². The molecule has 8 heteroatoms. The van der Waals surface area contributed by atoms with Crippen LogP contribution in [0, 0.1) is 35.5 Å². The van der Waals surface area contributed by atoms with E-state index in [2.05, 4.69) is 4.37 Å². The number of hydrogen-bond donors (Lipinski definition) is 1. The second-order valence-corrected chi connectivity index (χ2v) is 11.8. The van der Waals surface area contributed by atoms with Gasteiger partial charge in [-0.1, -0.05) is 25.0 Å². The van der Waals surface area contributed by atoms with E-state index >= 15 is 0 Å². The molecule has 5 fully saturated rings. The fourth-order valence-electron chi connectivity index (χ4n) is 7.41. The predicted octanol–water partition coefficient (Wildman–Crippen LogP) is 3.23. The van der Waals surface area contributed by atoms with Crippen molar-refractivity contribution in [2.45, 2.75) is 44.6 Å². The third-order valence-electron chi connectivity index (χ3n) is 9.14. The van der Waals surface area contributed by atoms with Gasteiger partial charge in [0.1, 0.15) is 5.82 Å². The highest BCUT2D eigenvalue weighted by Gasteiger charge is 2.63. The van der Waals surface area contributed by atoms with E-state index in [-0.39, 0.29) is 48.5 Å². The molecule has 5 aliphatic rings. The molecule has 3 saturated carbocycles. The maximum Gasteiger partial charge on any atom is 0.233 e. The zero-order valence-electron chi connectivity index (χ0n) is 28.0. The summed E-state index contributed by atoms with van der Waals surface area (Å²) >= 11 is 1.01. The summed E-state index contributed by atoms with van der Waals surface area (Å²) in [6, 6.07) is 6.81. The van der Waals surface area contributed by atoms with Gasteiger partial charge in [0.05, 0.1) is 28.1 Å². The molecule has 7 atom stereocenters. The molecular formula is C28H36N4O3S. The van der Waals surface area contributed by atoms with Crippen LogP contribution in [-0.4, -0.2) is 76.3 Å². The number of amides is 2. The summed E-state index contributed by atoms with van der Waals surface area (Å²) in [5.41, 5.74) is 0. The Bertz CT molecular complexity index is 1480. The highest BCUT2D eigenvalue weighted by atomic mass is 32.1. The van der Waals surface area contributed by atoms with Crippen LogP contribution in [0.5, 0.6) is 0 Å². The minimum atomic E-state index is -3.03. The topological polar surface area (TPSA) is 77.0 Å². The molecule has 3 aliphatic carbocycles. The Kier molecular flexibility index (Phi) is 4.04. The predicted molar refractivity (Wildman–Crippen MR) is 140 cm³/mol. The van der Waals surface area contributed by atoms with Crippen molar-refractivity contribution in [2.24, 2.45) is 35.5 Å². The Morgan fingerprint density at radius 3 is 2.50 bits per heavy atom. The summed E-state index contributed by atoms with van der Waals surface area (Å²) in [4.78, 5) is 29.5. The molecule has 2 bridgehead atoms. The maximum absolute atomic E-state index is 13.5. The van der Waals surface area contributed by atoms with E-state index in [1.54, 1.807) is 24.3 Å². The molecule has 3 heterocycles. The van der Waals surface area contributed by atoms with E-state index < -0.39 is 49.8 Å². The van der Waals surface area contributed by atoms with Gasteiger partial charge in [0.2, 0.25) is 11.8 Å². The number of aliphatic hydroxyl groups excluding tert-OH is 1. The molecule has 192 valence electrons. The van der Waals surface area contributed by atoms with Gasteiger partial charge in [-0.2, -0.15) is 4.37 Å². The summed E-state index contributed by atoms with van der Waals surface area (Å²) in [6.45, 7) is -12.2. The second kappa shape index (κ2) is 9.07. The van der Waals surface area contributed by atoms with E-state index in [1.807, 2.05) is 0 Å². The van der Waals surface area contributed by atoms with Gasteiger partial charge in [0.25, 0.3) is 0 Å². The van der Waals surface area contributed by atoms with Crippen LogP contribution in [0.3, 0.4) is 0 Å². The summed E-state index contributed by atoms with van der Waals surface area (Å²) in [7, 11) is 0. The number of anilines is 1. The molecule has 0 spiro atoms. The first-order valence-electron chi connectivity index (χ1n) is 17.1. The summed E-state index contributed by atoms with van der Waals surface area (Å²) < 4.78 is 76.7. The number of carbonyl (C=O) groups is 2. The zero-order chi connectivity index (χ0) is 31.6. The van der Waals surface area contributed by atoms with E-state index in [9.17, 15) is 14.7 Å². The number of rotatable bonds is 5. The van der Waals surface area contributed by atoms with Crippen molar-refractivity contribution in [3.05, 3.63) is 24.3 Å². The van der Waals surface area contributed by atoms with Gasteiger partial charge in [-0.3, -0.25) is 19.4 Å². The Hall–Kier alpha value is -2.03. The Labute approximate surface area is 227 Å². The van der Waals surface area contributed by atoms with Crippen molar-refractivity contribution >= 4 is 39.3 Å². The van der Waals surface area contributed by atoms with Gasteiger partial charge in [-0.25, -0.2) is 0 Å². The van der Waals surface area contributed by atoms with Crippen LogP contribution in [-0.2, 0) is 9.59 Å². The summed E-state index contributed by atoms with van der Waals surface area (Å²) in [6.07, 6.45) is 3.40. The number of aliphatic hydroxyl groups is 1. The Morgan fingerprint density at radius 1 is 0.972 bits per heavy atom. The number of likely N-dealkylation sites (tertiary alicyclic amines) is 1. The minimum absolute atomic E-state index is 0.00121. The van der Waals surface area contributed by atoms with Crippen LogP contribution in [0.4, 0.5) is 5.82 Å². The summed E-state index contributed by atoms with van der Waals surface area (Å²) in [5.74, 6) is -2.44. The number of carbonyl (C=O) groups excluding carboxylic acids is 2. The molecule has 0 radical (unpaired) electrons. The van der Waals surface area contributed by atoms with Gasteiger partial charge in [-0.15, -0.1) is 0 Å². The average Bonchev–Trinajstić information content (AvgIpc) is 3.70. The first kappa shape index (κ1) is 16.0. The average molecular weight is 517 g/mol. The number of imide groups is 1. The third kappa shape index (κ3) is 3.71. The third-order valence-corrected chi connectivity index (χ3v) is 9.95. The monoisotopic (exact) mass is 516 g/mol. The first-order chi connectivity index (χ1) is 20.6. The molecule has 2 aliphatic heterocycles. The number of nitrogens with zero attached hydrogens (tertiary/aromatic N) is 4. The molecule has 1 aromatic heterocycles.